The predicted octanol–water partition coefficient (Wildman–Crippen LogP) is 8.25. The van der Waals surface area contributed by atoms with E-state index in [-0.39, 0.29) is 39.8 Å². The normalized spacial score (nSPS) is 45.4. The molecule has 0 aliphatic heterocycles. The minimum Gasteiger partial charge on any atom is -0.497 e. The van der Waals surface area contributed by atoms with Crippen LogP contribution in [0.25, 0.3) is 6.08 Å². The summed E-state index contributed by atoms with van der Waals surface area (Å²) in [5, 5.41) is 21.9. The van der Waals surface area contributed by atoms with Crippen LogP contribution in [0.4, 0.5) is 4.39 Å². The van der Waals surface area contributed by atoms with Crippen molar-refractivity contribution in [1.29, 1.82) is 0 Å². The van der Waals surface area contributed by atoms with Gasteiger partial charge in [-0.15, -0.1) is 0 Å². The number of hydrogen-bond acceptors (Lipinski definition) is 4. The Bertz CT molecular complexity index is 1480. The van der Waals surface area contributed by atoms with Crippen molar-refractivity contribution in [1.82, 2.24) is 0 Å². The van der Waals surface area contributed by atoms with Gasteiger partial charge in [0, 0.05) is 17.5 Å². The minimum atomic E-state index is -0.784. The maximum atomic E-state index is 15.1. The van der Waals surface area contributed by atoms with Crippen molar-refractivity contribution in [3.63, 3.8) is 0 Å². The SMILES string of the molecule is COc1ccc(C=C2C[C@]3(C)[C@H]4C(=O)C=C5[C@@H]6C[C@@](C)(C(=O)O)CC[C@]6(C)CC[C@@]5(C)[C@]4(C)CC[C@H]3C(C)(C)[C@H]2O)c(F)c1. The summed E-state index contributed by atoms with van der Waals surface area (Å²) in [4.78, 5) is 27.1. The molecule has 4 fully saturated rings. The summed E-state index contributed by atoms with van der Waals surface area (Å²) in [5.74, 6) is -0.606. The Kier molecular flexibility index (Phi) is 6.99. The molecular formula is C38H51FO5. The van der Waals surface area contributed by atoms with E-state index in [9.17, 15) is 19.8 Å². The number of hydrogen-bond donors (Lipinski definition) is 2. The zero-order valence-corrected chi connectivity index (χ0v) is 27.9. The fourth-order valence-electron chi connectivity index (χ4n) is 11.5. The van der Waals surface area contributed by atoms with Gasteiger partial charge in [0.1, 0.15) is 11.6 Å². The highest BCUT2D eigenvalue weighted by molar-refractivity contribution is 5.96. The number of carboxylic acid groups (broad SMARTS) is 1. The van der Waals surface area contributed by atoms with E-state index in [1.54, 1.807) is 18.2 Å². The van der Waals surface area contributed by atoms with Crippen LogP contribution in [0.2, 0.25) is 0 Å². The molecule has 6 rings (SSSR count). The lowest BCUT2D eigenvalue weighted by Gasteiger charge is -2.70. The van der Waals surface area contributed by atoms with Crippen molar-refractivity contribution in [3.05, 3.63) is 46.8 Å². The van der Waals surface area contributed by atoms with Crippen LogP contribution in [0.15, 0.2) is 35.4 Å². The Morgan fingerprint density at radius 2 is 1.70 bits per heavy atom. The number of benzene rings is 1. The van der Waals surface area contributed by atoms with Crippen LogP contribution in [0.1, 0.15) is 105 Å². The van der Waals surface area contributed by atoms with Crippen molar-refractivity contribution >= 4 is 17.8 Å². The van der Waals surface area contributed by atoms with Gasteiger partial charge in [-0.05, 0) is 121 Å². The monoisotopic (exact) mass is 606 g/mol. The van der Waals surface area contributed by atoms with E-state index in [1.165, 1.54) is 18.7 Å². The Hall–Kier alpha value is -2.47. The molecule has 2 N–H and O–H groups in total. The Balaban J connectivity index is 1.46. The predicted molar refractivity (Wildman–Crippen MR) is 169 cm³/mol. The van der Waals surface area contributed by atoms with Crippen LogP contribution < -0.4 is 4.74 Å². The molecule has 0 spiro atoms. The number of carbonyl (C=O) groups is 2. The molecule has 240 valence electrons. The fourth-order valence-corrected chi connectivity index (χ4v) is 11.5. The first-order valence-corrected chi connectivity index (χ1v) is 16.6. The molecule has 9 atom stereocenters. The standard InChI is InChI=1S/C38H51FO5/c1-33(2)29-11-12-38(7)30(36(29,5)20-23(31(33)41)17-22-9-10-24(44-8)18-27(22)39)28(40)19-25-26-21-35(4,32(42)43)14-13-34(26,3)15-16-37(25,38)6/h9-10,17-19,26,29-31,41H,11-16,20-21H2,1-8H3,(H,42,43)/t26-,29-,30+,31-,34+,35-,36-,37+,38+/m0/s1. The van der Waals surface area contributed by atoms with Gasteiger partial charge in [-0.2, -0.15) is 0 Å². The first-order chi connectivity index (χ1) is 20.4. The van der Waals surface area contributed by atoms with Gasteiger partial charge in [-0.3, -0.25) is 9.59 Å². The highest BCUT2D eigenvalue weighted by Gasteiger charge is 2.70. The van der Waals surface area contributed by atoms with Crippen LogP contribution in [0.5, 0.6) is 5.75 Å². The molecule has 5 aliphatic rings. The number of aliphatic carboxylic acids is 1. The van der Waals surface area contributed by atoms with E-state index in [0.717, 1.165) is 37.7 Å². The molecule has 0 saturated heterocycles. The third-order valence-electron chi connectivity index (χ3n) is 14.4. The smallest absolute Gasteiger partial charge is 0.309 e. The molecule has 1 aromatic rings. The lowest BCUT2D eigenvalue weighted by Crippen LogP contribution is -2.67. The van der Waals surface area contributed by atoms with Gasteiger partial charge in [-0.25, -0.2) is 4.39 Å². The van der Waals surface area contributed by atoms with Gasteiger partial charge in [0.2, 0.25) is 0 Å². The molecule has 0 radical (unpaired) electrons. The molecule has 6 heteroatoms. The Morgan fingerprint density at radius 3 is 2.34 bits per heavy atom. The summed E-state index contributed by atoms with van der Waals surface area (Å²) in [5.41, 5.74) is 0.103. The topological polar surface area (TPSA) is 83.8 Å². The molecule has 1 aromatic carbocycles. The maximum Gasteiger partial charge on any atom is 0.309 e. The molecule has 5 aliphatic carbocycles. The number of carboxylic acids is 1. The summed E-state index contributed by atoms with van der Waals surface area (Å²) >= 11 is 0. The zero-order chi connectivity index (χ0) is 32.3. The number of rotatable bonds is 3. The quantitative estimate of drug-likeness (QED) is 0.362. The molecular weight excluding hydrogens is 555 g/mol. The number of allylic oxidation sites excluding steroid dienone is 2. The van der Waals surface area contributed by atoms with E-state index in [4.69, 9.17) is 4.74 Å². The van der Waals surface area contributed by atoms with Crippen LogP contribution in [-0.2, 0) is 9.59 Å². The summed E-state index contributed by atoms with van der Waals surface area (Å²) in [6.07, 6.45) is 9.46. The second-order valence-electron chi connectivity index (χ2n) is 17.1. The lowest BCUT2D eigenvalue weighted by atomic mass is 9.33. The van der Waals surface area contributed by atoms with E-state index >= 15 is 4.39 Å². The number of ether oxygens (including phenoxy) is 1. The minimum absolute atomic E-state index is 0.000167. The average molecular weight is 607 g/mol. The lowest BCUT2D eigenvalue weighted by molar-refractivity contribution is -0.191. The highest BCUT2D eigenvalue weighted by atomic mass is 19.1. The maximum absolute atomic E-state index is 15.1. The van der Waals surface area contributed by atoms with E-state index < -0.39 is 34.1 Å². The molecule has 0 heterocycles. The zero-order valence-electron chi connectivity index (χ0n) is 27.9. The molecule has 0 amide bonds. The van der Waals surface area contributed by atoms with Gasteiger partial charge in [0.05, 0.1) is 18.6 Å². The number of methoxy groups -OCH3 is 1. The second kappa shape index (κ2) is 9.77. The number of fused-ring (bicyclic) bond motifs is 7. The summed E-state index contributed by atoms with van der Waals surface area (Å²) in [6, 6.07) is 4.79. The summed E-state index contributed by atoms with van der Waals surface area (Å²) < 4.78 is 20.3. The number of aliphatic hydroxyl groups excluding tert-OH is 1. The van der Waals surface area contributed by atoms with Crippen molar-refractivity contribution in [2.24, 2.45) is 50.2 Å². The summed E-state index contributed by atoms with van der Waals surface area (Å²) in [7, 11) is 1.51. The number of carbonyl (C=O) groups excluding carboxylic acids is 1. The highest BCUT2D eigenvalue weighted by Crippen LogP contribution is 2.75. The van der Waals surface area contributed by atoms with E-state index in [1.807, 2.05) is 13.0 Å². The van der Waals surface area contributed by atoms with Crippen LogP contribution >= 0.6 is 0 Å². The molecule has 44 heavy (non-hydrogen) atoms. The number of halogens is 1. The molecule has 5 nitrogen and oxygen atoms in total. The third-order valence-corrected chi connectivity index (χ3v) is 14.4. The Labute approximate surface area is 262 Å². The van der Waals surface area contributed by atoms with Gasteiger partial charge < -0.3 is 14.9 Å². The number of aliphatic hydroxyl groups is 1. The van der Waals surface area contributed by atoms with Gasteiger partial charge in [0.25, 0.3) is 0 Å². The third kappa shape index (κ3) is 4.11. The van der Waals surface area contributed by atoms with Crippen molar-refractivity contribution in [2.75, 3.05) is 7.11 Å². The van der Waals surface area contributed by atoms with Crippen LogP contribution in [0, 0.1) is 56.1 Å². The van der Waals surface area contributed by atoms with Crippen LogP contribution in [-0.4, -0.2) is 35.2 Å². The average Bonchev–Trinajstić information content (AvgIpc) is 2.94. The molecule has 0 unspecified atom stereocenters. The largest absolute Gasteiger partial charge is 0.497 e. The van der Waals surface area contributed by atoms with E-state index in [0.29, 0.717) is 30.6 Å². The Morgan fingerprint density at radius 1 is 1.02 bits per heavy atom. The van der Waals surface area contributed by atoms with Gasteiger partial charge >= 0.3 is 5.97 Å². The van der Waals surface area contributed by atoms with Gasteiger partial charge in [-0.1, -0.05) is 53.2 Å². The fraction of sp³-hybridized carbons (Fsp3) is 0.684. The van der Waals surface area contributed by atoms with Crippen molar-refractivity contribution in [3.8, 4) is 5.75 Å². The molecule has 4 saturated carbocycles. The van der Waals surface area contributed by atoms with Crippen molar-refractivity contribution < 1.29 is 28.9 Å². The summed E-state index contributed by atoms with van der Waals surface area (Å²) in [6.45, 7) is 15.4. The second-order valence-corrected chi connectivity index (χ2v) is 17.1. The first-order valence-electron chi connectivity index (χ1n) is 16.6. The molecule has 0 aromatic heterocycles. The van der Waals surface area contributed by atoms with Crippen LogP contribution in [0.3, 0.4) is 0 Å². The van der Waals surface area contributed by atoms with Crippen molar-refractivity contribution in [2.45, 2.75) is 106 Å². The number of ketones is 1. The first kappa shape index (κ1) is 31.5. The van der Waals surface area contributed by atoms with Gasteiger partial charge in [0.15, 0.2) is 5.78 Å². The van der Waals surface area contributed by atoms with E-state index in [2.05, 4.69) is 41.5 Å². The molecule has 0 bridgehead atoms.